The summed E-state index contributed by atoms with van der Waals surface area (Å²) in [7, 11) is 0. The number of ether oxygens (including phenoxy) is 1. The van der Waals surface area contributed by atoms with E-state index in [0.717, 1.165) is 50.5 Å². The molecule has 28 rings (SSSR count). The molecule has 0 bridgehead atoms. The summed E-state index contributed by atoms with van der Waals surface area (Å²) in [6.45, 7) is 4.37. The second kappa shape index (κ2) is 24.0. The lowest BCUT2D eigenvalue weighted by Gasteiger charge is -2.39. The maximum absolute atomic E-state index is 6.57. The van der Waals surface area contributed by atoms with Gasteiger partial charge in [0.25, 0.3) is 0 Å². The minimum Gasteiger partial charge on any atom is -0.457 e. The van der Waals surface area contributed by atoms with Gasteiger partial charge in [-0.15, -0.1) is 0 Å². The van der Waals surface area contributed by atoms with Crippen LogP contribution in [-0.4, -0.2) is 24.1 Å². The first-order chi connectivity index (χ1) is 58.3. The highest BCUT2D eigenvalue weighted by Crippen LogP contribution is 2.66. The summed E-state index contributed by atoms with van der Waals surface area (Å²) in [5, 5.41) is 13.6. The van der Waals surface area contributed by atoms with E-state index in [2.05, 4.69) is 405 Å². The van der Waals surface area contributed by atoms with E-state index < -0.39 is 16.2 Å². The molecule has 3 unspecified atom stereocenters. The van der Waals surface area contributed by atoms with Gasteiger partial charge in [-0.25, -0.2) is 15.0 Å². The monoisotopic (exact) mass is 1500 g/mol. The fourth-order valence-electron chi connectivity index (χ4n) is 22.3. The van der Waals surface area contributed by atoms with E-state index in [1.807, 2.05) is 0 Å². The van der Waals surface area contributed by atoms with Gasteiger partial charge < -0.3 is 13.9 Å². The molecule has 8 heterocycles. The normalized spacial score (nSPS) is 16.6. The van der Waals surface area contributed by atoms with E-state index in [0.29, 0.717) is 0 Å². The molecule has 0 saturated heterocycles. The maximum Gasteiger partial charge on any atom is 0.132 e. The molecule has 6 nitrogen and oxygen atoms in total. The molecular weight excluding hydrogens is 1430 g/mol. The van der Waals surface area contributed by atoms with Crippen LogP contribution >= 0.6 is 0 Å². The summed E-state index contributed by atoms with van der Waals surface area (Å²) in [6.07, 6.45) is 0. The molecule has 6 aliphatic rings. The van der Waals surface area contributed by atoms with Gasteiger partial charge >= 0.3 is 0 Å². The lowest BCUT2D eigenvalue weighted by Crippen LogP contribution is -2.33. The number of rotatable bonds is 1. The van der Waals surface area contributed by atoms with Gasteiger partial charge in [-0.2, -0.15) is 0 Å². The average Bonchev–Trinajstić information content (AvgIpc) is 1.60. The Bertz CT molecular complexity index is 8220. The number of hydrogen-bond acceptors (Lipinski definition) is 4. The Morgan fingerprint density at radius 1 is 0.229 bits per heavy atom. The van der Waals surface area contributed by atoms with Crippen LogP contribution in [0.5, 0.6) is 11.5 Å². The molecule has 22 aromatic rings. The van der Waals surface area contributed by atoms with Crippen LogP contribution in [0.15, 0.2) is 382 Å². The first-order valence-electron chi connectivity index (χ1n) is 40.9. The van der Waals surface area contributed by atoms with Crippen molar-refractivity contribution in [1.29, 1.82) is 0 Å². The van der Waals surface area contributed by atoms with Crippen molar-refractivity contribution in [2.75, 3.05) is 0 Å². The molecule has 5 aromatic heterocycles. The summed E-state index contributed by atoms with van der Waals surface area (Å²) < 4.78 is 11.6. The third-order valence-corrected chi connectivity index (χ3v) is 26.8. The van der Waals surface area contributed by atoms with Gasteiger partial charge in [0.15, 0.2) is 0 Å². The fraction of sp³-hybridized carbons (Fsp3) is 0.0446. The van der Waals surface area contributed by atoms with E-state index in [-0.39, 0.29) is 0 Å². The lowest BCUT2D eigenvalue weighted by atomic mass is 9.65. The van der Waals surface area contributed by atoms with Gasteiger partial charge in [0, 0.05) is 65.5 Å². The Kier molecular flexibility index (Phi) is 13.3. The lowest BCUT2D eigenvalue weighted by molar-refractivity contribution is 0.437. The zero-order valence-corrected chi connectivity index (χ0v) is 64.5. The van der Waals surface area contributed by atoms with Gasteiger partial charge in [-0.1, -0.05) is 308 Å². The quantitative estimate of drug-likeness (QED) is 0.164. The zero-order valence-electron chi connectivity index (χ0n) is 64.5. The van der Waals surface area contributed by atoms with E-state index >= 15 is 0 Å². The maximum atomic E-state index is 6.57. The van der Waals surface area contributed by atoms with Gasteiger partial charge in [-0.3, -0.25) is 0 Å². The van der Waals surface area contributed by atoms with Crippen LogP contribution < -0.4 is 4.74 Å². The minimum atomic E-state index is -0.497. The molecule has 0 fully saturated rings. The van der Waals surface area contributed by atoms with E-state index in [4.69, 9.17) is 19.7 Å². The predicted molar refractivity (Wildman–Crippen MR) is 483 cm³/mol. The van der Waals surface area contributed by atoms with Crippen molar-refractivity contribution >= 4 is 97.9 Å². The topological polar surface area (TPSA) is 57.8 Å². The molecule has 3 aliphatic heterocycles. The van der Waals surface area contributed by atoms with Crippen LogP contribution in [0.3, 0.4) is 0 Å². The Balaban J connectivity index is 0.0000000971. The Morgan fingerprint density at radius 2 is 0.593 bits per heavy atom. The highest BCUT2D eigenvalue weighted by molar-refractivity contribution is 6.15. The fourth-order valence-corrected chi connectivity index (χ4v) is 22.3. The van der Waals surface area contributed by atoms with E-state index in [1.165, 1.54) is 193 Å². The third kappa shape index (κ3) is 8.56. The number of nitrogens with zero attached hydrogens (tertiary/aromatic N) is 5. The van der Waals surface area contributed by atoms with E-state index in [1.54, 1.807) is 0 Å². The molecule has 17 aromatic carbocycles. The van der Waals surface area contributed by atoms with E-state index in [9.17, 15) is 0 Å². The molecule has 3 atom stereocenters. The van der Waals surface area contributed by atoms with Gasteiger partial charge in [0.05, 0.1) is 83.3 Å². The van der Waals surface area contributed by atoms with Crippen LogP contribution in [0.1, 0.15) is 77.9 Å². The molecule has 0 amide bonds. The summed E-state index contributed by atoms with van der Waals surface area (Å²) >= 11 is 0. The van der Waals surface area contributed by atoms with Crippen LogP contribution in [0.4, 0.5) is 0 Å². The molecule has 118 heavy (non-hydrogen) atoms. The number of benzene rings is 17. The molecule has 0 N–H and O–H groups in total. The third-order valence-electron chi connectivity index (χ3n) is 26.8. The summed E-state index contributed by atoms with van der Waals surface area (Å²) in [4.78, 5) is 15.9. The van der Waals surface area contributed by atoms with Crippen molar-refractivity contribution in [3.63, 3.8) is 0 Å². The van der Waals surface area contributed by atoms with Crippen LogP contribution in [-0.2, 0) is 16.2 Å². The second-order valence-corrected chi connectivity index (χ2v) is 32.8. The summed E-state index contributed by atoms with van der Waals surface area (Å²) in [5.74, 6) is 1.81. The second-order valence-electron chi connectivity index (χ2n) is 32.8. The Morgan fingerprint density at radius 3 is 1.10 bits per heavy atom. The molecule has 6 heteroatoms. The SMILES string of the molecule is Cc1cc(C)cc(-c2ccc3c(c2)-n2c4ccccc4c4cccc(c42)C32c3ccccc3-c3nc4ccccc4cc32)c1.c1ccc2c(c1)-c1nc3ccccc3cc1C21c2cc3ccccc3cc2-n2c3ccccc3c3cccc1c32.c1ccc2c(c1)Oc1cc3ccccc3cc1C21c2ccccc2-c2nc3ccccc3cc21. The predicted octanol–water partition coefficient (Wildman–Crippen LogP) is 27.3. The number of hydrogen-bond donors (Lipinski definition) is 0. The largest absolute Gasteiger partial charge is 0.457 e. The molecule has 0 saturated carbocycles. The first kappa shape index (κ1) is 65.3. The van der Waals surface area contributed by atoms with Gasteiger partial charge in [0.1, 0.15) is 11.5 Å². The first-order valence-corrected chi connectivity index (χ1v) is 40.9. The number of pyridine rings is 3. The molecule has 0 radical (unpaired) electrons. The summed E-state index contributed by atoms with van der Waals surface area (Å²) in [6, 6.07) is 140. The molecule has 3 aliphatic carbocycles. The van der Waals surface area contributed by atoms with Crippen LogP contribution in [0.25, 0.3) is 154 Å². The zero-order chi connectivity index (χ0) is 77.4. The van der Waals surface area contributed by atoms with Crippen molar-refractivity contribution in [2.45, 2.75) is 30.1 Å². The van der Waals surface area contributed by atoms with Crippen molar-refractivity contribution in [2.24, 2.45) is 0 Å². The van der Waals surface area contributed by atoms with Gasteiger partial charge in [0.2, 0.25) is 0 Å². The standard InChI is InChI=1S/C42H28N2.C38H22N2.C32H19NO/c1-25-20-26(2)22-29(21-25)27-18-19-34-39(24-27)44-38-17-8-5-11-30(38)31-13-9-15-35(41(31)44)42(34)33-14-6-4-12-32(33)40-36(42)23-28-10-3-7-16-37(28)43-40;1-2-11-24-22-35-31(20-23(24)10-1)38(30-17-9-15-27-26-13-5-8-19-34(26)40(35)37(27)30)29-16-6-4-14-28(29)36-32(38)21-25-12-3-7-18-33(25)39-36;1-2-10-21-19-30-26(17-20(21)9-1)32(25-14-6-8-16-29(25)34-30)24-13-5-4-12-23(24)31-27(32)18-22-11-3-7-15-28(22)33-31/h3-24H,1-2H3;1-22H;1-19H. The molecule has 3 spiro atoms. The minimum absolute atomic E-state index is 0.480. The van der Waals surface area contributed by atoms with Crippen LogP contribution in [0, 0.1) is 13.8 Å². The smallest absolute Gasteiger partial charge is 0.132 e. The highest BCUT2D eigenvalue weighted by atomic mass is 16.5. The molecular formula is C112H69N5O. The number of para-hydroxylation sites is 8. The average molecular weight is 1500 g/mol. The van der Waals surface area contributed by atoms with Crippen molar-refractivity contribution in [3.8, 4) is 67.8 Å². The summed E-state index contributed by atoms with van der Waals surface area (Å²) in [5.41, 5.74) is 36.4. The van der Waals surface area contributed by atoms with Crippen molar-refractivity contribution in [1.82, 2.24) is 24.1 Å². The highest BCUT2D eigenvalue weighted by Gasteiger charge is 2.55. The molecule has 548 valence electrons. The van der Waals surface area contributed by atoms with Crippen molar-refractivity contribution in [3.05, 3.63) is 460 Å². The number of aryl methyl sites for hydroxylation is 2. The van der Waals surface area contributed by atoms with Crippen LogP contribution in [0.2, 0.25) is 0 Å². The van der Waals surface area contributed by atoms with Gasteiger partial charge in [-0.05, 0) is 187 Å². The Hall–Kier alpha value is -15.1. The number of aromatic nitrogens is 5. The number of fused-ring (bicyclic) bond motifs is 38. The van der Waals surface area contributed by atoms with Crippen molar-refractivity contribution < 1.29 is 4.74 Å². The Labute approximate surface area is 680 Å².